The first-order valence-electron chi connectivity index (χ1n) is 8.75. The quantitative estimate of drug-likeness (QED) is 0.487. The molecule has 0 saturated carbocycles. The fourth-order valence-corrected chi connectivity index (χ4v) is 4.23. The molecule has 0 radical (unpaired) electrons. The Kier molecular flexibility index (Phi) is 5.05. The molecule has 4 rings (SSSR count). The van der Waals surface area contributed by atoms with Crippen molar-refractivity contribution in [2.24, 2.45) is 0 Å². The maximum absolute atomic E-state index is 13.0. The first-order valence-corrected chi connectivity index (χ1v) is 9.94. The van der Waals surface area contributed by atoms with Crippen molar-refractivity contribution in [3.05, 3.63) is 91.7 Å². The van der Waals surface area contributed by atoms with Gasteiger partial charge in [0.05, 0.1) is 11.4 Å². The Hall–Kier alpha value is -3.22. The highest BCUT2D eigenvalue weighted by Crippen LogP contribution is 2.31. The van der Waals surface area contributed by atoms with Crippen LogP contribution in [0.1, 0.15) is 26.5 Å². The number of benzene rings is 2. The minimum absolute atomic E-state index is 0.0388. The Morgan fingerprint density at radius 2 is 1.79 bits per heavy atom. The van der Waals surface area contributed by atoms with Crippen LogP contribution in [0.3, 0.4) is 0 Å². The third-order valence-corrected chi connectivity index (χ3v) is 5.89. The van der Waals surface area contributed by atoms with Gasteiger partial charge in [0.25, 0.3) is 5.56 Å². The molecule has 144 valence electrons. The molecule has 0 spiro atoms. The van der Waals surface area contributed by atoms with E-state index in [4.69, 9.17) is 11.6 Å². The number of aromatic nitrogens is 2. The van der Waals surface area contributed by atoms with Crippen LogP contribution < -0.4 is 5.56 Å². The van der Waals surface area contributed by atoms with E-state index in [1.807, 2.05) is 43.3 Å². The highest BCUT2D eigenvalue weighted by atomic mass is 35.5. The number of halogens is 1. The second kappa shape index (κ2) is 7.66. The third kappa shape index (κ3) is 3.48. The number of nitrogens with zero attached hydrogens (tertiary/aromatic N) is 2. The number of carboxylic acid groups (broad SMARTS) is 1. The molecule has 0 fully saturated rings. The lowest BCUT2D eigenvalue weighted by atomic mass is 10.1. The molecule has 2 heterocycles. The maximum Gasteiger partial charge on any atom is 0.348 e. The van der Waals surface area contributed by atoms with Crippen LogP contribution in [-0.4, -0.2) is 20.5 Å². The topological polar surface area (TPSA) is 71.7 Å². The minimum atomic E-state index is -1.12. The zero-order valence-electron chi connectivity index (χ0n) is 15.3. The van der Waals surface area contributed by atoms with Gasteiger partial charge in [0.1, 0.15) is 9.90 Å². The van der Waals surface area contributed by atoms with Gasteiger partial charge in [-0.25, -0.2) is 14.2 Å². The average Bonchev–Trinajstić information content (AvgIpc) is 3.11. The van der Waals surface area contributed by atoms with E-state index in [2.05, 4.69) is 4.98 Å². The van der Waals surface area contributed by atoms with Crippen LogP contribution in [0.25, 0.3) is 28.4 Å². The fraction of sp³-hybridized carbons (Fsp3) is 0.0455. The number of rotatable bonds is 4. The largest absolute Gasteiger partial charge is 0.477 e. The molecule has 1 N–H and O–H groups in total. The summed E-state index contributed by atoms with van der Waals surface area (Å²) in [6.07, 6.45) is 3.51. The summed E-state index contributed by atoms with van der Waals surface area (Å²) in [7, 11) is 0. The first kappa shape index (κ1) is 19.1. The van der Waals surface area contributed by atoms with Gasteiger partial charge in [0.15, 0.2) is 4.96 Å². The van der Waals surface area contributed by atoms with Gasteiger partial charge in [-0.15, -0.1) is 0 Å². The minimum Gasteiger partial charge on any atom is -0.477 e. The Balaban J connectivity index is 1.94. The van der Waals surface area contributed by atoms with Gasteiger partial charge in [-0.05, 0) is 24.1 Å². The van der Waals surface area contributed by atoms with E-state index in [0.717, 1.165) is 22.5 Å². The molecule has 29 heavy (non-hydrogen) atoms. The van der Waals surface area contributed by atoms with Crippen LogP contribution in [0, 0.1) is 6.92 Å². The highest BCUT2D eigenvalue weighted by Gasteiger charge is 2.23. The van der Waals surface area contributed by atoms with E-state index in [9.17, 15) is 14.7 Å². The zero-order chi connectivity index (χ0) is 20.5. The molecule has 0 aliphatic rings. The molecule has 0 aliphatic heterocycles. The number of fused-ring (bicyclic) bond motifs is 1. The predicted octanol–water partition coefficient (Wildman–Crippen LogP) is 5.25. The lowest BCUT2D eigenvalue weighted by Crippen LogP contribution is -2.17. The molecule has 0 atom stereocenters. The van der Waals surface area contributed by atoms with Gasteiger partial charge in [0, 0.05) is 5.56 Å². The van der Waals surface area contributed by atoms with Gasteiger partial charge < -0.3 is 5.11 Å². The maximum atomic E-state index is 13.0. The predicted molar refractivity (Wildman–Crippen MR) is 117 cm³/mol. The summed E-state index contributed by atoms with van der Waals surface area (Å²) >= 11 is 7.29. The number of thiazole rings is 1. The third-order valence-electron chi connectivity index (χ3n) is 4.51. The lowest BCUT2D eigenvalue weighted by Gasteiger charge is -2.05. The van der Waals surface area contributed by atoms with Crippen molar-refractivity contribution in [3.8, 4) is 11.3 Å². The molecule has 0 saturated heterocycles. The molecular formula is C22H15ClN2O3S. The Bertz CT molecular complexity index is 1320. The van der Waals surface area contributed by atoms with Gasteiger partial charge in [-0.2, -0.15) is 0 Å². The van der Waals surface area contributed by atoms with Crippen molar-refractivity contribution < 1.29 is 9.90 Å². The van der Waals surface area contributed by atoms with Gasteiger partial charge in [-0.1, -0.05) is 83.6 Å². The number of aryl methyl sites for hydroxylation is 1. The first-order chi connectivity index (χ1) is 14.0. The summed E-state index contributed by atoms with van der Waals surface area (Å²) in [4.78, 5) is 29.6. The molecule has 2 aromatic heterocycles. The smallest absolute Gasteiger partial charge is 0.348 e. The van der Waals surface area contributed by atoms with E-state index in [-0.39, 0.29) is 20.6 Å². The molecule has 0 unspecified atom stereocenters. The summed E-state index contributed by atoms with van der Waals surface area (Å²) in [5, 5.41) is 9.60. The summed E-state index contributed by atoms with van der Waals surface area (Å²) < 4.78 is 1.27. The van der Waals surface area contributed by atoms with E-state index >= 15 is 0 Å². The van der Waals surface area contributed by atoms with E-state index in [1.54, 1.807) is 30.3 Å². The number of aromatic carboxylic acids is 1. The van der Waals surface area contributed by atoms with E-state index in [1.165, 1.54) is 4.40 Å². The Morgan fingerprint density at radius 3 is 2.48 bits per heavy atom. The average molecular weight is 423 g/mol. The zero-order valence-corrected chi connectivity index (χ0v) is 16.9. The summed E-state index contributed by atoms with van der Waals surface area (Å²) in [5.41, 5.74) is 2.76. The number of carbonyl (C=O) groups is 1. The van der Waals surface area contributed by atoms with Crippen LogP contribution in [0.5, 0.6) is 0 Å². The van der Waals surface area contributed by atoms with Gasteiger partial charge in [-0.3, -0.25) is 4.79 Å². The highest BCUT2D eigenvalue weighted by molar-refractivity contribution is 7.19. The molecule has 2 aromatic carbocycles. The van der Waals surface area contributed by atoms with E-state index in [0.29, 0.717) is 11.3 Å². The molecular weight excluding hydrogens is 408 g/mol. The Morgan fingerprint density at radius 1 is 1.10 bits per heavy atom. The second-order valence-electron chi connectivity index (χ2n) is 6.38. The number of hydrogen-bond donors (Lipinski definition) is 1. The molecule has 0 bridgehead atoms. The van der Waals surface area contributed by atoms with Crippen molar-refractivity contribution >= 4 is 46.0 Å². The van der Waals surface area contributed by atoms with Gasteiger partial charge >= 0.3 is 5.97 Å². The number of carboxylic acids is 1. The summed E-state index contributed by atoms with van der Waals surface area (Å²) in [6.45, 7) is 1.98. The van der Waals surface area contributed by atoms with Crippen LogP contribution >= 0.6 is 22.9 Å². The van der Waals surface area contributed by atoms with Gasteiger partial charge in [0.2, 0.25) is 0 Å². The second-order valence-corrected chi connectivity index (χ2v) is 7.73. The lowest BCUT2D eigenvalue weighted by molar-refractivity contribution is 0.0702. The van der Waals surface area contributed by atoms with Crippen molar-refractivity contribution in [2.45, 2.75) is 6.92 Å². The molecule has 0 aliphatic carbocycles. The van der Waals surface area contributed by atoms with Crippen molar-refractivity contribution in [1.82, 2.24) is 9.38 Å². The van der Waals surface area contributed by atoms with E-state index < -0.39 is 11.5 Å². The van der Waals surface area contributed by atoms with Crippen LogP contribution in [0.15, 0.2) is 59.4 Å². The molecule has 0 amide bonds. The SMILES string of the molecule is Cc1ccccc1/C=C/c1nc2sc(C(=O)O)c(-c3ccccc3)n2c(=O)c1Cl. The van der Waals surface area contributed by atoms with Crippen molar-refractivity contribution in [1.29, 1.82) is 0 Å². The molecule has 7 heteroatoms. The fourth-order valence-electron chi connectivity index (χ4n) is 3.06. The van der Waals surface area contributed by atoms with Crippen LogP contribution in [-0.2, 0) is 0 Å². The summed E-state index contributed by atoms with van der Waals surface area (Å²) in [5.74, 6) is -1.12. The standard InChI is InChI=1S/C22H15ClN2O3S/c1-13-7-5-6-8-14(13)11-12-16-17(23)20(26)25-18(15-9-3-2-4-10-15)19(21(27)28)29-22(25)24-16/h2-12H,1H3,(H,27,28)/b12-11+. The monoisotopic (exact) mass is 422 g/mol. The van der Waals surface area contributed by atoms with Crippen LogP contribution in [0.4, 0.5) is 0 Å². The van der Waals surface area contributed by atoms with Crippen molar-refractivity contribution in [2.75, 3.05) is 0 Å². The molecule has 4 aromatic rings. The molecule has 5 nitrogen and oxygen atoms in total. The summed E-state index contributed by atoms with van der Waals surface area (Å²) in [6, 6.07) is 16.7. The normalized spacial score (nSPS) is 11.4. The van der Waals surface area contributed by atoms with Crippen molar-refractivity contribution in [3.63, 3.8) is 0 Å². The van der Waals surface area contributed by atoms with Crippen LogP contribution in [0.2, 0.25) is 5.02 Å². The number of hydrogen-bond acceptors (Lipinski definition) is 4. The Labute approximate surface area is 175 Å².